The number of carbonyl (C=O) groups is 2. The van der Waals surface area contributed by atoms with Gasteiger partial charge in [-0.3, -0.25) is 4.79 Å². The molecule has 0 fully saturated rings. The lowest BCUT2D eigenvalue weighted by Gasteiger charge is -2.21. The van der Waals surface area contributed by atoms with E-state index in [1.165, 1.54) is 25.7 Å². The zero-order valence-corrected chi connectivity index (χ0v) is 20.0. The van der Waals surface area contributed by atoms with E-state index in [4.69, 9.17) is 5.73 Å². The molecule has 0 spiro atoms. The van der Waals surface area contributed by atoms with Gasteiger partial charge in [0, 0.05) is 18.7 Å². The number of para-hydroxylation sites is 2. The molecular formula is C26H39N5O2. The number of rotatable bonds is 14. The topological polar surface area (TPSA) is 99.5 Å². The van der Waals surface area contributed by atoms with E-state index < -0.39 is 0 Å². The minimum atomic E-state index is -0.225. The second-order valence-corrected chi connectivity index (χ2v) is 8.25. The number of hydrogen-bond acceptors (Lipinski definition) is 4. The minimum Gasteiger partial charge on any atom is -0.397 e. The lowest BCUT2D eigenvalue weighted by atomic mass is 10.1. The summed E-state index contributed by atoms with van der Waals surface area (Å²) >= 11 is 0. The maximum absolute atomic E-state index is 12.4. The smallest absolute Gasteiger partial charge is 0.315 e. The highest BCUT2D eigenvalue weighted by Gasteiger charge is 2.08. The van der Waals surface area contributed by atoms with Crippen LogP contribution >= 0.6 is 0 Å². The van der Waals surface area contributed by atoms with Gasteiger partial charge in [0.1, 0.15) is 0 Å². The molecule has 0 radical (unpaired) electrons. The predicted molar refractivity (Wildman–Crippen MR) is 136 cm³/mol. The first-order valence-corrected chi connectivity index (χ1v) is 12.0. The molecule has 7 nitrogen and oxygen atoms in total. The monoisotopic (exact) mass is 453 g/mol. The number of unbranched alkanes of at least 4 members (excludes halogenated alkanes) is 2. The predicted octanol–water partition coefficient (Wildman–Crippen LogP) is 4.61. The Bertz CT molecular complexity index is 846. The lowest BCUT2D eigenvalue weighted by molar-refractivity contribution is 0.102. The molecule has 33 heavy (non-hydrogen) atoms. The first-order valence-electron chi connectivity index (χ1n) is 12.0. The van der Waals surface area contributed by atoms with Gasteiger partial charge in [-0.05, 0) is 68.7 Å². The largest absolute Gasteiger partial charge is 0.397 e. The average molecular weight is 454 g/mol. The Kier molecular flexibility index (Phi) is 11.8. The first-order chi connectivity index (χ1) is 16.0. The zero-order valence-electron chi connectivity index (χ0n) is 20.0. The van der Waals surface area contributed by atoms with Crippen LogP contribution in [0.4, 0.5) is 16.2 Å². The average Bonchev–Trinajstić information content (AvgIpc) is 2.83. The van der Waals surface area contributed by atoms with Crippen LogP contribution in [-0.4, -0.2) is 43.0 Å². The Morgan fingerprint density at radius 3 is 2.12 bits per heavy atom. The van der Waals surface area contributed by atoms with E-state index in [9.17, 15) is 9.59 Å². The third-order valence-electron chi connectivity index (χ3n) is 5.47. The van der Waals surface area contributed by atoms with Gasteiger partial charge in [0.15, 0.2) is 0 Å². The van der Waals surface area contributed by atoms with Gasteiger partial charge < -0.3 is 26.6 Å². The Morgan fingerprint density at radius 2 is 1.48 bits per heavy atom. The van der Waals surface area contributed by atoms with Crippen molar-refractivity contribution < 1.29 is 9.59 Å². The van der Waals surface area contributed by atoms with Crippen molar-refractivity contribution in [1.82, 2.24) is 15.5 Å². The molecule has 0 heterocycles. The molecule has 180 valence electrons. The van der Waals surface area contributed by atoms with Crippen LogP contribution in [0.5, 0.6) is 0 Å². The molecule has 0 atom stereocenters. The summed E-state index contributed by atoms with van der Waals surface area (Å²) in [5.74, 6) is -0.225. The van der Waals surface area contributed by atoms with Gasteiger partial charge in [0.25, 0.3) is 5.91 Å². The highest BCUT2D eigenvalue weighted by molar-refractivity contribution is 6.05. The Labute approximate surface area is 198 Å². The fourth-order valence-corrected chi connectivity index (χ4v) is 3.43. The summed E-state index contributed by atoms with van der Waals surface area (Å²) in [4.78, 5) is 27.0. The van der Waals surface area contributed by atoms with E-state index in [1.54, 1.807) is 24.3 Å². The molecule has 0 aromatic heterocycles. The van der Waals surface area contributed by atoms with Crippen LogP contribution in [0.3, 0.4) is 0 Å². The summed E-state index contributed by atoms with van der Waals surface area (Å²) in [5, 5.41) is 8.61. The maximum Gasteiger partial charge on any atom is 0.315 e. The molecule has 2 aromatic rings. The second kappa shape index (κ2) is 14.9. The van der Waals surface area contributed by atoms with Crippen molar-refractivity contribution >= 4 is 23.3 Å². The van der Waals surface area contributed by atoms with E-state index in [0.29, 0.717) is 30.0 Å². The number of urea groups is 1. The Hall–Kier alpha value is -3.06. The third-order valence-corrected chi connectivity index (χ3v) is 5.47. The zero-order chi connectivity index (χ0) is 23.9. The van der Waals surface area contributed by atoms with Crippen LogP contribution in [0.2, 0.25) is 0 Å². The van der Waals surface area contributed by atoms with Crippen molar-refractivity contribution in [3.8, 4) is 0 Å². The molecule has 0 aliphatic heterocycles. The minimum absolute atomic E-state index is 0.176. The fraction of sp³-hybridized carbons (Fsp3) is 0.462. The number of hydrogen-bond donors (Lipinski definition) is 4. The molecule has 0 bridgehead atoms. The third kappa shape index (κ3) is 9.95. The van der Waals surface area contributed by atoms with Crippen molar-refractivity contribution in [2.45, 2.75) is 52.5 Å². The van der Waals surface area contributed by atoms with Crippen molar-refractivity contribution in [2.75, 3.05) is 37.2 Å². The van der Waals surface area contributed by atoms with Gasteiger partial charge in [-0.25, -0.2) is 4.79 Å². The number of amides is 3. The first kappa shape index (κ1) is 26.2. The van der Waals surface area contributed by atoms with Gasteiger partial charge in [0.05, 0.1) is 11.4 Å². The summed E-state index contributed by atoms with van der Waals surface area (Å²) < 4.78 is 0. The molecule has 0 aliphatic rings. The number of nitrogens with zero attached hydrogens (tertiary/aromatic N) is 1. The number of anilines is 2. The second-order valence-electron chi connectivity index (χ2n) is 8.25. The maximum atomic E-state index is 12.4. The van der Waals surface area contributed by atoms with Crippen molar-refractivity contribution in [2.24, 2.45) is 0 Å². The Balaban J connectivity index is 1.69. The summed E-state index contributed by atoms with van der Waals surface area (Å²) in [6.07, 6.45) is 5.79. The van der Waals surface area contributed by atoms with E-state index in [1.807, 2.05) is 24.3 Å². The van der Waals surface area contributed by atoms with E-state index in [0.717, 1.165) is 31.6 Å². The number of benzene rings is 2. The molecule has 0 saturated heterocycles. The van der Waals surface area contributed by atoms with Gasteiger partial charge in [-0.1, -0.05) is 51.0 Å². The summed E-state index contributed by atoms with van der Waals surface area (Å²) in [7, 11) is 0. The van der Waals surface area contributed by atoms with Crippen molar-refractivity contribution in [3.05, 3.63) is 59.7 Å². The van der Waals surface area contributed by atoms with Crippen LogP contribution in [0.15, 0.2) is 48.5 Å². The Morgan fingerprint density at radius 1 is 0.848 bits per heavy atom. The van der Waals surface area contributed by atoms with Crippen LogP contribution < -0.4 is 21.7 Å². The van der Waals surface area contributed by atoms with Crippen molar-refractivity contribution in [3.63, 3.8) is 0 Å². The van der Waals surface area contributed by atoms with E-state index >= 15 is 0 Å². The standard InChI is InChI=1S/C26H39N5O2/c1-3-5-17-31(18-6-4-2)19-9-16-28-26(33)29-20-21-12-14-22(15-13-21)25(32)30-24-11-8-7-10-23(24)27/h7-8,10-15H,3-6,9,16-20,27H2,1-2H3,(H,30,32)(H2,28,29,33). The van der Waals surface area contributed by atoms with Crippen LogP contribution in [0.25, 0.3) is 0 Å². The van der Waals surface area contributed by atoms with Crippen LogP contribution in [0.1, 0.15) is 61.9 Å². The number of nitrogens with two attached hydrogens (primary N) is 1. The molecule has 3 amide bonds. The summed E-state index contributed by atoms with van der Waals surface area (Å²) in [6, 6.07) is 14.1. The van der Waals surface area contributed by atoms with Gasteiger partial charge >= 0.3 is 6.03 Å². The molecule has 0 unspecified atom stereocenters. The highest BCUT2D eigenvalue weighted by atomic mass is 16.2. The quantitative estimate of drug-likeness (QED) is 0.248. The summed E-state index contributed by atoms with van der Waals surface area (Å²) in [6.45, 7) is 8.77. The van der Waals surface area contributed by atoms with Gasteiger partial charge in [-0.15, -0.1) is 0 Å². The van der Waals surface area contributed by atoms with E-state index in [2.05, 4.69) is 34.7 Å². The van der Waals surface area contributed by atoms with Crippen LogP contribution in [-0.2, 0) is 6.54 Å². The van der Waals surface area contributed by atoms with Gasteiger partial charge in [-0.2, -0.15) is 0 Å². The number of carbonyl (C=O) groups excluding carboxylic acids is 2. The molecule has 2 rings (SSSR count). The fourth-order valence-electron chi connectivity index (χ4n) is 3.43. The molecule has 0 aliphatic carbocycles. The normalized spacial score (nSPS) is 10.8. The molecular weight excluding hydrogens is 414 g/mol. The van der Waals surface area contributed by atoms with Crippen molar-refractivity contribution in [1.29, 1.82) is 0 Å². The number of nitrogens with one attached hydrogen (secondary N) is 3. The molecule has 5 N–H and O–H groups in total. The summed E-state index contributed by atoms with van der Waals surface area (Å²) in [5.41, 5.74) is 8.43. The SMILES string of the molecule is CCCCN(CCCC)CCCNC(=O)NCc1ccc(C(=O)Nc2ccccc2N)cc1. The van der Waals surface area contributed by atoms with Crippen LogP contribution in [0, 0.1) is 0 Å². The lowest BCUT2D eigenvalue weighted by Crippen LogP contribution is -2.37. The van der Waals surface area contributed by atoms with E-state index in [-0.39, 0.29) is 11.9 Å². The number of nitrogen functional groups attached to an aromatic ring is 1. The molecule has 2 aromatic carbocycles. The molecule has 7 heteroatoms. The highest BCUT2D eigenvalue weighted by Crippen LogP contribution is 2.18. The molecule has 0 saturated carbocycles. The van der Waals surface area contributed by atoms with Gasteiger partial charge in [0.2, 0.25) is 0 Å².